The molecule has 3 aliphatic rings. The number of nitrogens with one attached hydrogen (secondary N) is 1. The monoisotopic (exact) mass is 171 g/mol. The van der Waals surface area contributed by atoms with Crippen LogP contribution in [0.15, 0.2) is 0 Å². The molecule has 68 valence electrons. The predicted octanol–water partition coefficient (Wildman–Crippen LogP) is 1.05. The minimum absolute atomic E-state index is 0.0486. The summed E-state index contributed by atoms with van der Waals surface area (Å²) < 4.78 is 13.3. The zero-order chi connectivity index (χ0) is 8.72. The van der Waals surface area contributed by atoms with Crippen LogP contribution in [-0.2, 0) is 4.79 Å². The van der Waals surface area contributed by atoms with E-state index in [1.807, 2.05) is 0 Å². The van der Waals surface area contributed by atoms with Crippen molar-refractivity contribution in [3.05, 3.63) is 0 Å². The maximum atomic E-state index is 13.3. The van der Waals surface area contributed by atoms with Crippen LogP contribution in [0.1, 0.15) is 26.2 Å². The lowest BCUT2D eigenvalue weighted by molar-refractivity contribution is -0.124. The molecule has 0 unspecified atom stereocenters. The Labute approximate surface area is 71.5 Å². The van der Waals surface area contributed by atoms with Crippen molar-refractivity contribution >= 4 is 5.78 Å². The number of Topliss-reactive ketones (excluding diaryl/α,β-unsaturated/α-hetero) is 1. The lowest BCUT2D eigenvalue weighted by Gasteiger charge is -2.44. The van der Waals surface area contributed by atoms with Crippen molar-refractivity contribution in [1.82, 2.24) is 5.32 Å². The van der Waals surface area contributed by atoms with Crippen molar-refractivity contribution in [3.63, 3.8) is 0 Å². The zero-order valence-corrected chi connectivity index (χ0v) is 7.22. The molecule has 0 radical (unpaired) electrons. The number of carbonyl (C=O) groups is 1. The average molecular weight is 171 g/mol. The number of rotatable bonds is 1. The van der Waals surface area contributed by atoms with Gasteiger partial charge in [-0.15, -0.1) is 0 Å². The van der Waals surface area contributed by atoms with Crippen LogP contribution in [0.5, 0.6) is 0 Å². The number of fused-ring (bicyclic) bond motifs is 3. The first-order valence-corrected chi connectivity index (χ1v) is 4.59. The van der Waals surface area contributed by atoms with Crippen molar-refractivity contribution in [2.45, 2.75) is 44.4 Å². The Hall–Kier alpha value is -0.440. The second-order valence-corrected chi connectivity index (χ2v) is 3.94. The molecule has 0 aromatic heterocycles. The highest BCUT2D eigenvalue weighted by Crippen LogP contribution is 2.35. The van der Waals surface area contributed by atoms with Crippen molar-refractivity contribution < 1.29 is 9.18 Å². The molecule has 3 heteroatoms. The van der Waals surface area contributed by atoms with Crippen LogP contribution in [-0.4, -0.2) is 24.0 Å². The second-order valence-electron chi connectivity index (χ2n) is 3.94. The van der Waals surface area contributed by atoms with E-state index in [0.717, 1.165) is 12.8 Å². The van der Waals surface area contributed by atoms with Crippen LogP contribution in [0, 0.1) is 5.92 Å². The molecule has 0 aromatic carbocycles. The van der Waals surface area contributed by atoms with Gasteiger partial charge in [0, 0.05) is 12.0 Å². The minimum atomic E-state index is -0.751. The van der Waals surface area contributed by atoms with E-state index in [9.17, 15) is 9.18 Å². The van der Waals surface area contributed by atoms with Gasteiger partial charge in [-0.05, 0) is 26.2 Å². The maximum Gasteiger partial charge on any atom is 0.147 e. The molecule has 1 N–H and O–H groups in total. The number of alkyl halides is 1. The average Bonchev–Trinajstić information content (AvgIpc) is 2.04. The van der Waals surface area contributed by atoms with Gasteiger partial charge in [-0.1, -0.05) is 0 Å². The van der Waals surface area contributed by atoms with Crippen LogP contribution in [0.3, 0.4) is 0 Å². The summed E-state index contributed by atoms with van der Waals surface area (Å²) in [6.45, 7) is 1.55. The van der Waals surface area contributed by atoms with E-state index >= 15 is 0 Å². The molecule has 3 rings (SSSR count). The van der Waals surface area contributed by atoms with E-state index in [-0.39, 0.29) is 23.8 Å². The highest BCUT2D eigenvalue weighted by molar-refractivity contribution is 5.82. The van der Waals surface area contributed by atoms with Gasteiger partial charge < -0.3 is 5.32 Å². The first-order chi connectivity index (χ1) is 5.68. The number of carbonyl (C=O) groups excluding carboxylic acids is 1. The van der Waals surface area contributed by atoms with Crippen molar-refractivity contribution in [2.24, 2.45) is 5.92 Å². The van der Waals surface area contributed by atoms with Gasteiger partial charge in [0.2, 0.25) is 0 Å². The third-order valence-electron chi connectivity index (χ3n) is 3.10. The Kier molecular flexibility index (Phi) is 1.91. The van der Waals surface area contributed by atoms with Gasteiger partial charge in [0.05, 0.1) is 6.04 Å². The molecule has 2 nitrogen and oxygen atoms in total. The van der Waals surface area contributed by atoms with Crippen molar-refractivity contribution in [3.8, 4) is 0 Å². The molecule has 2 aliphatic heterocycles. The predicted molar refractivity (Wildman–Crippen MR) is 43.6 cm³/mol. The zero-order valence-electron chi connectivity index (χ0n) is 7.22. The third kappa shape index (κ3) is 1.16. The summed E-state index contributed by atoms with van der Waals surface area (Å²) in [5.41, 5.74) is 0. The Bertz CT molecular complexity index is 207. The topological polar surface area (TPSA) is 29.1 Å². The van der Waals surface area contributed by atoms with E-state index in [4.69, 9.17) is 0 Å². The molecule has 0 aromatic rings. The standard InChI is InChI=1S/C9H14FNO/c1-5(12)9-7-3-2-6(11-9)4-8(7)10/h6-9,11H,2-4H2,1H3/t6-,7+,8+,9+/m0/s1. The highest BCUT2D eigenvalue weighted by Gasteiger charge is 2.43. The Morgan fingerprint density at radius 1 is 1.50 bits per heavy atom. The van der Waals surface area contributed by atoms with Crippen LogP contribution in [0.4, 0.5) is 4.39 Å². The fraction of sp³-hybridized carbons (Fsp3) is 0.889. The highest BCUT2D eigenvalue weighted by atomic mass is 19.1. The van der Waals surface area contributed by atoms with Gasteiger partial charge in [0.15, 0.2) is 0 Å². The molecule has 2 heterocycles. The molecule has 2 saturated heterocycles. The molecule has 1 saturated carbocycles. The van der Waals surface area contributed by atoms with Gasteiger partial charge in [0.25, 0.3) is 0 Å². The first-order valence-electron chi connectivity index (χ1n) is 4.59. The number of halogens is 1. The van der Waals surface area contributed by atoms with Gasteiger partial charge in [-0.3, -0.25) is 4.79 Å². The van der Waals surface area contributed by atoms with Gasteiger partial charge in [-0.25, -0.2) is 4.39 Å². The number of hydrogen-bond acceptors (Lipinski definition) is 2. The fourth-order valence-corrected chi connectivity index (χ4v) is 2.46. The summed E-state index contributed by atoms with van der Waals surface area (Å²) in [5, 5.41) is 3.19. The fourth-order valence-electron chi connectivity index (χ4n) is 2.46. The van der Waals surface area contributed by atoms with Gasteiger partial charge in [0.1, 0.15) is 12.0 Å². The van der Waals surface area contributed by atoms with E-state index in [2.05, 4.69) is 5.32 Å². The normalized spacial score (nSPS) is 46.2. The molecule has 0 amide bonds. The van der Waals surface area contributed by atoms with Crippen LogP contribution in [0.2, 0.25) is 0 Å². The van der Waals surface area contributed by atoms with E-state index in [0.29, 0.717) is 6.42 Å². The van der Waals surface area contributed by atoms with Crippen molar-refractivity contribution in [1.29, 1.82) is 0 Å². The molecule has 3 fully saturated rings. The second kappa shape index (κ2) is 2.80. The molecule has 1 aliphatic carbocycles. The lowest BCUT2D eigenvalue weighted by Crippen LogP contribution is -2.59. The molecular formula is C9H14FNO. The van der Waals surface area contributed by atoms with Gasteiger partial charge in [-0.2, -0.15) is 0 Å². The molecule has 4 atom stereocenters. The van der Waals surface area contributed by atoms with E-state index < -0.39 is 6.17 Å². The van der Waals surface area contributed by atoms with Crippen molar-refractivity contribution in [2.75, 3.05) is 0 Å². The SMILES string of the molecule is CC(=O)[C@H]1N[C@H]2CC[C@@H]1[C@H](F)C2. The largest absolute Gasteiger partial charge is 0.304 e. The maximum absolute atomic E-state index is 13.3. The first kappa shape index (κ1) is 8.17. The molecular weight excluding hydrogens is 157 g/mol. The summed E-state index contributed by atoms with van der Waals surface area (Å²) in [5.74, 6) is 0.0413. The number of hydrogen-bond donors (Lipinski definition) is 1. The molecule has 0 spiro atoms. The van der Waals surface area contributed by atoms with Crippen LogP contribution < -0.4 is 5.32 Å². The van der Waals surface area contributed by atoms with E-state index in [1.54, 1.807) is 6.92 Å². The Morgan fingerprint density at radius 2 is 2.25 bits per heavy atom. The Morgan fingerprint density at radius 3 is 2.67 bits per heavy atom. The van der Waals surface area contributed by atoms with Crippen LogP contribution >= 0.6 is 0 Å². The quantitative estimate of drug-likeness (QED) is 0.639. The smallest absolute Gasteiger partial charge is 0.147 e. The molecule has 2 bridgehead atoms. The Balaban J connectivity index is 2.14. The summed E-state index contributed by atoms with van der Waals surface area (Å²) in [7, 11) is 0. The van der Waals surface area contributed by atoms with Gasteiger partial charge >= 0.3 is 0 Å². The van der Waals surface area contributed by atoms with E-state index in [1.165, 1.54) is 0 Å². The summed E-state index contributed by atoms with van der Waals surface area (Å²) in [4.78, 5) is 11.1. The lowest BCUT2D eigenvalue weighted by atomic mass is 9.74. The summed E-state index contributed by atoms with van der Waals surface area (Å²) in [6.07, 6.45) is 1.77. The third-order valence-corrected chi connectivity index (χ3v) is 3.10. The number of ketones is 1. The minimum Gasteiger partial charge on any atom is -0.304 e. The number of piperidine rings is 2. The van der Waals surface area contributed by atoms with Crippen LogP contribution in [0.25, 0.3) is 0 Å². The summed E-state index contributed by atoms with van der Waals surface area (Å²) >= 11 is 0. The summed E-state index contributed by atoms with van der Waals surface area (Å²) in [6, 6.07) is 0.0476. The molecule has 12 heavy (non-hydrogen) atoms.